The second-order valence-corrected chi connectivity index (χ2v) is 19.0. The summed E-state index contributed by atoms with van der Waals surface area (Å²) < 4.78 is 42.6. The number of fused-ring (bicyclic) bond motifs is 2. The maximum Gasteiger partial charge on any atom is 0.494 e. The zero-order chi connectivity index (χ0) is 45.8. The van der Waals surface area contributed by atoms with Crippen LogP contribution < -0.4 is 10.9 Å². The highest BCUT2D eigenvalue weighted by molar-refractivity contribution is 6.62. The van der Waals surface area contributed by atoms with Crippen molar-refractivity contribution in [3.63, 3.8) is 0 Å². The van der Waals surface area contributed by atoms with Crippen molar-refractivity contribution >= 4 is 52.7 Å². The summed E-state index contributed by atoms with van der Waals surface area (Å²) in [5, 5.41) is 14.3. The summed E-state index contributed by atoms with van der Waals surface area (Å²) in [6.45, 7) is 21.8. The monoisotopic (exact) mass is 884 g/mol. The van der Waals surface area contributed by atoms with Gasteiger partial charge in [0.1, 0.15) is 6.61 Å². The van der Waals surface area contributed by atoms with Crippen LogP contribution >= 0.6 is 0 Å². The standard InChI is InChI=1S/C52H66B2N2O9/c1-39(2)50(58)61-29-28-60-26-23-56(32-43-16-9-12-21-48(43)54-64-37-52(5,6)38-65-54)34-46-45-19-10-7-14-40(45)30-41-17-13-18-44(49(41)46)33-55(22-25-59-27-24-57)31-42-15-8-11-20-47(42)53-62-35-51(3,4)36-63-53/h7-21,30,57H,1,22-29,31-38H2,2-6H3. The second kappa shape index (κ2) is 22.9. The maximum atomic E-state index is 12.0. The molecule has 5 aromatic carbocycles. The first-order valence-corrected chi connectivity index (χ1v) is 23.0. The summed E-state index contributed by atoms with van der Waals surface area (Å²) >= 11 is 0. The van der Waals surface area contributed by atoms with Crippen molar-refractivity contribution in [2.75, 3.05) is 79.2 Å². The maximum absolute atomic E-state index is 12.0. The summed E-state index contributed by atoms with van der Waals surface area (Å²) in [5.41, 5.74) is 7.03. The van der Waals surface area contributed by atoms with E-state index in [9.17, 15) is 9.90 Å². The van der Waals surface area contributed by atoms with E-state index in [-0.39, 0.29) is 37.3 Å². The molecule has 2 aliphatic heterocycles. The number of rotatable bonds is 22. The smallest absolute Gasteiger partial charge is 0.460 e. The topological polar surface area (TPSA) is 108 Å². The SMILES string of the molecule is C=C(C)C(=O)OCCOCCN(Cc1ccccc1B1OCC(C)(C)CO1)Cc1c2ccccc2cc2cccc(CN(CCOCCO)Cc3ccccc3B3OCC(C)(C)CO3)c12. The number of aliphatic hydroxyl groups is 1. The highest BCUT2D eigenvalue weighted by atomic mass is 16.6. The van der Waals surface area contributed by atoms with Gasteiger partial charge < -0.3 is 37.9 Å². The third kappa shape index (κ3) is 13.4. The lowest BCUT2D eigenvalue weighted by atomic mass is 9.73. The van der Waals surface area contributed by atoms with Crippen LogP contribution in [0.5, 0.6) is 0 Å². The molecule has 344 valence electrons. The van der Waals surface area contributed by atoms with Gasteiger partial charge in [-0.2, -0.15) is 0 Å². The number of esters is 1. The highest BCUT2D eigenvalue weighted by Gasteiger charge is 2.36. The van der Waals surface area contributed by atoms with E-state index < -0.39 is 20.2 Å². The van der Waals surface area contributed by atoms with Crippen LogP contribution in [-0.2, 0) is 63.8 Å². The Morgan fingerprint density at radius 2 is 1.12 bits per heavy atom. The second-order valence-electron chi connectivity index (χ2n) is 19.0. The van der Waals surface area contributed by atoms with Gasteiger partial charge in [-0.15, -0.1) is 0 Å². The average Bonchev–Trinajstić information content (AvgIpc) is 3.29. The Hall–Kier alpha value is -4.40. The van der Waals surface area contributed by atoms with Crippen LogP contribution in [0, 0.1) is 10.8 Å². The Kier molecular flexibility index (Phi) is 17.1. The summed E-state index contributed by atoms with van der Waals surface area (Å²) in [7, 11) is -0.886. The average molecular weight is 885 g/mol. The van der Waals surface area contributed by atoms with E-state index in [0.29, 0.717) is 84.5 Å². The van der Waals surface area contributed by atoms with Crippen LogP contribution in [0.2, 0.25) is 0 Å². The molecule has 2 heterocycles. The van der Waals surface area contributed by atoms with Crippen molar-refractivity contribution in [3.05, 3.63) is 131 Å². The molecule has 0 bridgehead atoms. The molecule has 0 aromatic heterocycles. The molecule has 0 aliphatic carbocycles. The summed E-state index contributed by atoms with van der Waals surface area (Å²) in [6, 6.07) is 34.4. The lowest BCUT2D eigenvalue weighted by molar-refractivity contribution is -0.140. The van der Waals surface area contributed by atoms with Crippen LogP contribution in [0.4, 0.5) is 0 Å². The summed E-state index contributed by atoms with van der Waals surface area (Å²) in [4.78, 5) is 16.9. The minimum absolute atomic E-state index is 0.0251. The van der Waals surface area contributed by atoms with Crippen LogP contribution in [0.1, 0.15) is 56.9 Å². The van der Waals surface area contributed by atoms with E-state index in [4.69, 9.17) is 32.8 Å². The molecule has 0 atom stereocenters. The molecule has 1 N–H and O–H groups in total. The molecule has 11 nitrogen and oxygen atoms in total. The molecule has 0 spiro atoms. The third-order valence-electron chi connectivity index (χ3n) is 11.9. The van der Waals surface area contributed by atoms with Gasteiger partial charge in [-0.05, 0) is 67.7 Å². The van der Waals surface area contributed by atoms with Crippen molar-refractivity contribution in [2.24, 2.45) is 10.8 Å². The number of hydrogen-bond acceptors (Lipinski definition) is 11. The van der Waals surface area contributed by atoms with Gasteiger partial charge in [0, 0.05) is 82.1 Å². The molecule has 0 radical (unpaired) electrons. The van der Waals surface area contributed by atoms with E-state index >= 15 is 0 Å². The summed E-state index contributed by atoms with van der Waals surface area (Å²) in [6.07, 6.45) is 0. The van der Waals surface area contributed by atoms with Crippen molar-refractivity contribution in [1.29, 1.82) is 0 Å². The number of carbonyl (C=O) groups excluding carboxylic acids is 1. The summed E-state index contributed by atoms with van der Waals surface area (Å²) in [5.74, 6) is -0.419. The lowest BCUT2D eigenvalue weighted by Crippen LogP contribution is -2.49. The first-order chi connectivity index (χ1) is 31.4. The molecule has 7 rings (SSSR count). The Morgan fingerprint density at radius 1 is 0.631 bits per heavy atom. The van der Waals surface area contributed by atoms with E-state index in [1.165, 1.54) is 32.7 Å². The Balaban J connectivity index is 1.22. The van der Waals surface area contributed by atoms with Crippen molar-refractivity contribution in [2.45, 2.75) is 60.8 Å². The van der Waals surface area contributed by atoms with Gasteiger partial charge in [0.2, 0.25) is 0 Å². The quantitative estimate of drug-likeness (QED) is 0.0265. The van der Waals surface area contributed by atoms with E-state index in [1.807, 2.05) is 12.1 Å². The Bertz CT molecular complexity index is 2350. The minimum atomic E-state index is -0.453. The molecule has 13 heteroatoms. The number of hydrogen-bond donors (Lipinski definition) is 1. The molecule has 2 aliphatic rings. The minimum Gasteiger partial charge on any atom is -0.460 e. The molecule has 65 heavy (non-hydrogen) atoms. The Labute approximate surface area is 386 Å². The van der Waals surface area contributed by atoms with Gasteiger partial charge in [0.25, 0.3) is 0 Å². The fourth-order valence-electron chi connectivity index (χ4n) is 8.51. The van der Waals surface area contributed by atoms with Gasteiger partial charge in [0.05, 0.1) is 33.0 Å². The molecular formula is C52H66B2N2O9. The van der Waals surface area contributed by atoms with Crippen LogP contribution in [0.3, 0.4) is 0 Å². The van der Waals surface area contributed by atoms with Gasteiger partial charge in [0.15, 0.2) is 0 Å². The first-order valence-electron chi connectivity index (χ1n) is 23.0. The number of carbonyl (C=O) groups is 1. The van der Waals surface area contributed by atoms with Crippen molar-refractivity contribution in [3.8, 4) is 0 Å². The largest absolute Gasteiger partial charge is 0.494 e. The number of ether oxygens (including phenoxy) is 3. The van der Waals surface area contributed by atoms with Crippen LogP contribution in [0.25, 0.3) is 21.5 Å². The van der Waals surface area contributed by atoms with Gasteiger partial charge in [-0.25, -0.2) is 4.79 Å². The fourth-order valence-corrected chi connectivity index (χ4v) is 8.51. The lowest BCUT2D eigenvalue weighted by Gasteiger charge is -2.34. The predicted octanol–water partition coefficient (Wildman–Crippen LogP) is 6.68. The Morgan fingerprint density at radius 3 is 1.71 bits per heavy atom. The molecule has 2 saturated heterocycles. The van der Waals surface area contributed by atoms with Crippen LogP contribution in [0.15, 0.2) is 109 Å². The molecule has 0 amide bonds. The number of nitrogens with zero attached hydrogens (tertiary/aromatic N) is 2. The van der Waals surface area contributed by atoms with E-state index in [2.05, 4.69) is 129 Å². The third-order valence-corrected chi connectivity index (χ3v) is 11.9. The molecule has 5 aromatic rings. The van der Waals surface area contributed by atoms with Gasteiger partial charge in [-0.3, -0.25) is 9.80 Å². The van der Waals surface area contributed by atoms with Crippen LogP contribution in [-0.4, -0.2) is 114 Å². The van der Waals surface area contributed by atoms with E-state index in [0.717, 1.165) is 22.1 Å². The molecule has 2 fully saturated rings. The predicted molar refractivity (Wildman–Crippen MR) is 259 cm³/mol. The number of benzene rings is 5. The normalized spacial score (nSPS) is 16.2. The molecular weight excluding hydrogens is 818 g/mol. The van der Waals surface area contributed by atoms with E-state index in [1.54, 1.807) is 6.92 Å². The number of aliphatic hydroxyl groups excluding tert-OH is 1. The molecule has 0 saturated carbocycles. The van der Waals surface area contributed by atoms with Crippen molar-refractivity contribution in [1.82, 2.24) is 9.80 Å². The zero-order valence-electron chi connectivity index (χ0n) is 39.0. The van der Waals surface area contributed by atoms with Gasteiger partial charge >= 0.3 is 20.2 Å². The van der Waals surface area contributed by atoms with Gasteiger partial charge in [-0.1, -0.05) is 125 Å². The fraction of sp³-hybridized carbons (Fsp3) is 0.442. The molecule has 0 unspecified atom stereocenters. The highest BCUT2D eigenvalue weighted by Crippen LogP contribution is 2.34. The van der Waals surface area contributed by atoms with Crippen molar-refractivity contribution < 1.29 is 42.7 Å². The first kappa shape index (κ1) is 48.5. The zero-order valence-corrected chi connectivity index (χ0v) is 39.0.